The Morgan fingerprint density at radius 3 is 2.62 bits per heavy atom. The second-order valence-electron chi connectivity index (χ2n) is 10.1. The number of rotatable bonds is 5. The van der Waals surface area contributed by atoms with E-state index >= 15 is 0 Å². The fourth-order valence-electron chi connectivity index (χ4n) is 4.46. The molecule has 4 rings (SSSR count). The van der Waals surface area contributed by atoms with Crippen LogP contribution in [0.15, 0.2) is 23.0 Å². The average Bonchev–Trinajstić information content (AvgIpc) is 3.20. The number of halogens is 1. The number of carbonyl (C=O) groups is 2. The minimum absolute atomic E-state index is 0.0395. The molecule has 202 valence electrons. The van der Waals surface area contributed by atoms with Gasteiger partial charge in [-0.2, -0.15) is 0 Å². The van der Waals surface area contributed by atoms with Crippen LogP contribution in [0.4, 0.5) is 10.1 Å². The van der Waals surface area contributed by atoms with Gasteiger partial charge in [-0.25, -0.2) is 9.37 Å². The largest absolute Gasteiger partial charge is 0.501 e. The first-order valence-corrected chi connectivity index (χ1v) is 12.3. The summed E-state index contributed by atoms with van der Waals surface area (Å²) >= 11 is 0. The molecule has 0 aliphatic carbocycles. The Bertz CT molecular complexity index is 1220. The lowest BCUT2D eigenvalue weighted by molar-refractivity contribution is -0.117. The fraction of sp³-hybridized carbons (Fsp3) is 0.538. The number of anilines is 1. The van der Waals surface area contributed by atoms with E-state index in [1.807, 2.05) is 33.0 Å². The van der Waals surface area contributed by atoms with E-state index in [0.29, 0.717) is 24.1 Å². The van der Waals surface area contributed by atoms with Crippen molar-refractivity contribution in [3.8, 4) is 5.75 Å². The highest BCUT2D eigenvalue weighted by atomic mass is 19.1. The molecule has 1 unspecified atom stereocenters. The van der Waals surface area contributed by atoms with Gasteiger partial charge in [0.2, 0.25) is 11.7 Å². The van der Waals surface area contributed by atoms with E-state index < -0.39 is 34.3 Å². The maximum absolute atomic E-state index is 14.0. The zero-order valence-electron chi connectivity index (χ0n) is 22.3. The fourth-order valence-corrected chi connectivity index (χ4v) is 4.46. The predicted molar refractivity (Wildman–Crippen MR) is 137 cm³/mol. The first kappa shape index (κ1) is 28.3. The van der Waals surface area contributed by atoms with Crippen LogP contribution in [0.1, 0.15) is 61.9 Å². The average molecular weight is 518 g/mol. The summed E-state index contributed by atoms with van der Waals surface area (Å²) in [4.78, 5) is 45.8. The van der Waals surface area contributed by atoms with Gasteiger partial charge in [0.25, 0.3) is 11.5 Å². The van der Waals surface area contributed by atoms with Gasteiger partial charge in [0.15, 0.2) is 5.69 Å². The molecule has 0 saturated carbocycles. The first-order chi connectivity index (χ1) is 17.4. The topological polar surface area (TPSA) is 117 Å². The first-order valence-electron chi connectivity index (χ1n) is 12.3. The van der Waals surface area contributed by atoms with Crippen LogP contribution in [-0.2, 0) is 28.2 Å². The maximum Gasteiger partial charge on any atom is 0.296 e. The van der Waals surface area contributed by atoms with Crippen molar-refractivity contribution < 1.29 is 23.8 Å². The third-order valence-corrected chi connectivity index (χ3v) is 6.22. The molecule has 2 aromatic rings. The van der Waals surface area contributed by atoms with Crippen LogP contribution >= 0.6 is 0 Å². The summed E-state index contributed by atoms with van der Waals surface area (Å²) in [6.45, 7) is 5.88. The Kier molecular flexibility index (Phi) is 8.70. The van der Waals surface area contributed by atoms with E-state index in [1.165, 1.54) is 22.8 Å². The number of aromatic hydroxyl groups is 1. The lowest BCUT2D eigenvalue weighted by Crippen LogP contribution is -2.42. The van der Waals surface area contributed by atoms with E-state index in [9.17, 15) is 23.9 Å². The zero-order valence-corrected chi connectivity index (χ0v) is 22.3. The summed E-state index contributed by atoms with van der Waals surface area (Å²) in [6.07, 6.45) is 1.80. The number of hydrogen-bond donors (Lipinski definition) is 2. The third kappa shape index (κ3) is 6.16. The third-order valence-electron chi connectivity index (χ3n) is 6.22. The van der Waals surface area contributed by atoms with Gasteiger partial charge < -0.3 is 25.0 Å². The van der Waals surface area contributed by atoms with Gasteiger partial charge in [0.05, 0.1) is 18.8 Å². The van der Waals surface area contributed by atoms with Gasteiger partial charge in [0.1, 0.15) is 17.2 Å². The molecule has 1 saturated heterocycles. The summed E-state index contributed by atoms with van der Waals surface area (Å²) in [7, 11) is 6.00. The zero-order chi connectivity index (χ0) is 27.5. The van der Waals surface area contributed by atoms with E-state index in [0.717, 1.165) is 6.42 Å². The van der Waals surface area contributed by atoms with Crippen molar-refractivity contribution in [2.24, 2.45) is 0 Å². The minimum atomic E-state index is -0.907. The maximum atomic E-state index is 14.0. The SMILES string of the molecule is CCC1CCC(=O)N1c1cc(F)ccc1CNC(=O)c1nc2n(c(=O)c1O)CCOC2(C)C.CN(C)C. The van der Waals surface area contributed by atoms with Crippen molar-refractivity contribution in [1.82, 2.24) is 19.8 Å². The molecule has 1 aromatic carbocycles. The Morgan fingerprint density at radius 2 is 1.97 bits per heavy atom. The molecular weight excluding hydrogens is 481 g/mol. The number of aromatic nitrogens is 2. The standard InChI is InChI=1S/C23H27FN4O5.C3H9N/c1-4-15-7-8-17(29)28(15)16-11-14(24)6-5-13(16)12-25-20(31)18-19(30)21(32)27-9-10-33-23(2,3)22(27)26-18;1-4(2)3/h5-6,11,15,30H,4,7-10,12H2,1-3H3,(H,25,31);1-3H3. The Balaban J connectivity index is 0.000000886. The van der Waals surface area contributed by atoms with Gasteiger partial charge >= 0.3 is 0 Å². The Labute approximate surface area is 216 Å². The molecule has 37 heavy (non-hydrogen) atoms. The van der Waals surface area contributed by atoms with Crippen LogP contribution in [0.3, 0.4) is 0 Å². The van der Waals surface area contributed by atoms with Crippen molar-refractivity contribution in [3.05, 3.63) is 51.5 Å². The van der Waals surface area contributed by atoms with Crippen LogP contribution in [0.2, 0.25) is 0 Å². The molecule has 10 nitrogen and oxygen atoms in total. The molecule has 0 bridgehead atoms. The number of nitrogens with zero attached hydrogens (tertiary/aromatic N) is 4. The number of nitrogens with one attached hydrogen (secondary N) is 1. The summed E-state index contributed by atoms with van der Waals surface area (Å²) < 4.78 is 21.0. The molecule has 1 fully saturated rings. The van der Waals surface area contributed by atoms with Gasteiger partial charge in [-0.3, -0.25) is 19.0 Å². The van der Waals surface area contributed by atoms with Crippen LogP contribution in [0, 0.1) is 5.82 Å². The molecule has 0 radical (unpaired) electrons. The lowest BCUT2D eigenvalue weighted by atomic mass is 10.1. The summed E-state index contributed by atoms with van der Waals surface area (Å²) in [5.41, 5.74) is -1.08. The van der Waals surface area contributed by atoms with Crippen LogP contribution in [0.25, 0.3) is 0 Å². The van der Waals surface area contributed by atoms with E-state index in [1.54, 1.807) is 18.7 Å². The molecule has 2 aliphatic heterocycles. The van der Waals surface area contributed by atoms with Crippen LogP contribution in [-0.4, -0.2) is 65.2 Å². The molecule has 0 spiro atoms. The van der Waals surface area contributed by atoms with Crippen molar-refractivity contribution in [2.45, 2.75) is 64.8 Å². The number of amides is 2. The van der Waals surface area contributed by atoms with Gasteiger partial charge in [-0.1, -0.05) is 13.0 Å². The van der Waals surface area contributed by atoms with E-state index in [4.69, 9.17) is 4.74 Å². The lowest BCUT2D eigenvalue weighted by Gasteiger charge is -2.32. The molecule has 2 aliphatic rings. The number of ether oxygens (including phenoxy) is 1. The normalized spacial score (nSPS) is 18.3. The van der Waals surface area contributed by atoms with E-state index in [2.05, 4.69) is 10.3 Å². The summed E-state index contributed by atoms with van der Waals surface area (Å²) in [5.74, 6) is -1.83. The van der Waals surface area contributed by atoms with Gasteiger partial charge in [0, 0.05) is 19.0 Å². The molecule has 11 heteroatoms. The molecule has 1 atom stereocenters. The van der Waals surface area contributed by atoms with Gasteiger partial charge in [-0.05, 0) is 65.5 Å². The van der Waals surface area contributed by atoms with Crippen molar-refractivity contribution in [1.29, 1.82) is 0 Å². The second kappa shape index (κ2) is 11.4. The Morgan fingerprint density at radius 1 is 1.30 bits per heavy atom. The molecule has 2 amide bonds. The second-order valence-corrected chi connectivity index (χ2v) is 10.1. The summed E-state index contributed by atoms with van der Waals surface area (Å²) in [5, 5.41) is 13.0. The predicted octanol–water partition coefficient (Wildman–Crippen LogP) is 2.37. The monoisotopic (exact) mass is 517 g/mol. The smallest absolute Gasteiger partial charge is 0.296 e. The molecule has 3 heterocycles. The van der Waals surface area contributed by atoms with Gasteiger partial charge in [-0.15, -0.1) is 0 Å². The quantitative estimate of drug-likeness (QED) is 0.625. The molecular formula is C26H36FN5O5. The molecule has 2 N–H and O–H groups in total. The summed E-state index contributed by atoms with van der Waals surface area (Å²) in [6, 6.07) is 4.01. The number of carbonyl (C=O) groups excluding carboxylic acids is 2. The highest BCUT2D eigenvalue weighted by Gasteiger charge is 2.35. The molecule has 1 aromatic heterocycles. The van der Waals surface area contributed by atoms with Crippen molar-refractivity contribution in [2.75, 3.05) is 32.6 Å². The van der Waals surface area contributed by atoms with Crippen LogP contribution < -0.4 is 15.8 Å². The number of fused-ring (bicyclic) bond motifs is 1. The number of benzene rings is 1. The van der Waals surface area contributed by atoms with Crippen LogP contribution in [0.5, 0.6) is 5.75 Å². The number of hydrogen-bond acceptors (Lipinski definition) is 7. The Hall–Kier alpha value is -3.31. The highest BCUT2D eigenvalue weighted by Crippen LogP contribution is 2.32. The van der Waals surface area contributed by atoms with Crippen molar-refractivity contribution in [3.63, 3.8) is 0 Å². The highest BCUT2D eigenvalue weighted by molar-refractivity contribution is 5.97. The minimum Gasteiger partial charge on any atom is -0.501 e. The van der Waals surface area contributed by atoms with E-state index in [-0.39, 0.29) is 37.5 Å². The van der Waals surface area contributed by atoms with Crippen molar-refractivity contribution >= 4 is 17.5 Å².